The molecule has 7 rings (SSSR count). The highest BCUT2D eigenvalue weighted by Crippen LogP contribution is 2.65. The van der Waals surface area contributed by atoms with Crippen LogP contribution in [0.4, 0.5) is 10.1 Å². The molecule has 0 aromatic heterocycles. The number of imide groups is 2. The van der Waals surface area contributed by atoms with Crippen LogP contribution in [0.5, 0.6) is 11.5 Å². The number of aromatic hydroxyl groups is 1. The molecule has 3 aromatic rings. The number of halogens is 3. The lowest BCUT2D eigenvalue weighted by atomic mass is 9.49. The molecule has 0 radical (unpaired) electrons. The van der Waals surface area contributed by atoms with Gasteiger partial charge >= 0.3 is 5.97 Å². The first-order valence-corrected chi connectivity index (χ1v) is 17.6. The van der Waals surface area contributed by atoms with Crippen LogP contribution in [0.3, 0.4) is 0 Å². The monoisotopic (exact) mass is 779 g/mol. The number of rotatable bonds is 9. The van der Waals surface area contributed by atoms with Crippen LogP contribution >= 0.6 is 27.5 Å². The van der Waals surface area contributed by atoms with Crippen LogP contribution in [-0.2, 0) is 29.4 Å². The second-order valence-electron chi connectivity index (χ2n) is 13.2. The maximum atomic E-state index is 15.2. The Balaban J connectivity index is 1.44. The van der Waals surface area contributed by atoms with Crippen LogP contribution < -0.4 is 10.2 Å². The molecule has 3 aromatic carbocycles. The molecule has 11 nitrogen and oxygen atoms in total. The number of hydrogen-bond donors (Lipinski definition) is 3. The Kier molecular flexibility index (Phi) is 8.91. The fourth-order valence-electron chi connectivity index (χ4n) is 8.64. The molecule has 0 spiro atoms. The Morgan fingerprint density at radius 2 is 1.75 bits per heavy atom. The molecular formula is C37H32BrClFN3O8. The molecule has 2 aliphatic heterocycles. The van der Waals surface area contributed by atoms with Crippen molar-refractivity contribution in [3.8, 4) is 11.5 Å². The number of phenolic OH excluding ortho intramolecular Hbond substituents is 1. The Morgan fingerprint density at radius 3 is 2.41 bits per heavy atom. The lowest BCUT2D eigenvalue weighted by molar-refractivity contribution is -0.142. The summed E-state index contributed by atoms with van der Waals surface area (Å²) in [5.41, 5.74) is 2.77. The molecule has 3 N–H and O–H groups in total. The minimum atomic E-state index is -1.69. The predicted molar refractivity (Wildman–Crippen MR) is 185 cm³/mol. The molecule has 3 fully saturated rings. The van der Waals surface area contributed by atoms with Crippen LogP contribution in [0.15, 0.2) is 76.8 Å². The van der Waals surface area contributed by atoms with Crippen molar-refractivity contribution in [3.63, 3.8) is 0 Å². The van der Waals surface area contributed by atoms with Crippen molar-refractivity contribution in [3.05, 3.63) is 98.8 Å². The van der Waals surface area contributed by atoms with Crippen LogP contribution in [0, 0.1) is 29.5 Å². The summed E-state index contributed by atoms with van der Waals surface area (Å²) in [5, 5.41) is 22.3. The predicted octanol–water partition coefficient (Wildman–Crippen LogP) is 5.81. The van der Waals surface area contributed by atoms with E-state index in [0.29, 0.717) is 20.6 Å². The molecule has 2 saturated heterocycles. The van der Waals surface area contributed by atoms with E-state index < -0.39 is 70.4 Å². The lowest BCUT2D eigenvalue weighted by Gasteiger charge is -2.50. The first-order valence-electron chi connectivity index (χ1n) is 16.4. The van der Waals surface area contributed by atoms with E-state index in [9.17, 15) is 28.7 Å². The van der Waals surface area contributed by atoms with Gasteiger partial charge in [0, 0.05) is 33.9 Å². The van der Waals surface area contributed by atoms with Crippen molar-refractivity contribution < 1.29 is 43.3 Å². The number of carboxylic acids is 1. The number of carbonyl (C=O) groups excluding carboxylic acids is 4. The summed E-state index contributed by atoms with van der Waals surface area (Å²) in [7, 11) is 1.39. The zero-order chi connectivity index (χ0) is 36.4. The third kappa shape index (κ3) is 5.48. The number of allylic oxidation sites excluding steroid dienone is 2. The normalized spacial score (nSPS) is 26.8. The number of anilines is 1. The smallest absolute Gasteiger partial charge is 0.303 e. The summed E-state index contributed by atoms with van der Waals surface area (Å²) in [5.74, 6) is -8.32. The van der Waals surface area contributed by atoms with Gasteiger partial charge in [0.1, 0.15) is 5.82 Å². The molecule has 4 amide bonds. The number of carboxylic acid groups (broad SMARTS) is 1. The topological polar surface area (TPSA) is 154 Å². The quantitative estimate of drug-likeness (QED) is 0.181. The van der Waals surface area contributed by atoms with E-state index in [0.717, 1.165) is 9.91 Å². The van der Waals surface area contributed by atoms with E-state index in [-0.39, 0.29) is 55.0 Å². The van der Waals surface area contributed by atoms with Gasteiger partial charge in [-0.2, -0.15) is 5.01 Å². The van der Waals surface area contributed by atoms with Crippen molar-refractivity contribution in [1.29, 1.82) is 0 Å². The van der Waals surface area contributed by atoms with Gasteiger partial charge in [0.25, 0.3) is 11.8 Å². The third-order valence-electron chi connectivity index (χ3n) is 10.7. The van der Waals surface area contributed by atoms with Crippen molar-refractivity contribution >= 4 is 62.8 Å². The largest absolute Gasteiger partial charge is 0.504 e. The number of phenols is 1. The van der Waals surface area contributed by atoms with Crippen molar-refractivity contribution in [2.45, 2.75) is 37.0 Å². The Morgan fingerprint density at radius 1 is 1.04 bits per heavy atom. The molecule has 51 heavy (non-hydrogen) atoms. The highest BCUT2D eigenvalue weighted by atomic mass is 79.9. The number of carbonyl (C=O) groups is 5. The minimum absolute atomic E-state index is 0.00613. The molecule has 4 aliphatic rings. The molecule has 6 atom stereocenters. The van der Waals surface area contributed by atoms with E-state index in [1.54, 1.807) is 36.4 Å². The van der Waals surface area contributed by atoms with Gasteiger partial charge in [-0.1, -0.05) is 51.3 Å². The van der Waals surface area contributed by atoms with Gasteiger partial charge in [-0.3, -0.25) is 34.3 Å². The number of aliphatic carboxylic acids is 1. The molecule has 264 valence electrons. The summed E-state index contributed by atoms with van der Waals surface area (Å²) < 4.78 is 19.9. The van der Waals surface area contributed by atoms with E-state index in [4.69, 9.17) is 21.4 Å². The number of fused-ring (bicyclic) bond motifs is 4. The van der Waals surface area contributed by atoms with Crippen molar-refractivity contribution in [1.82, 2.24) is 9.91 Å². The van der Waals surface area contributed by atoms with Gasteiger partial charge in [0.15, 0.2) is 11.5 Å². The maximum Gasteiger partial charge on any atom is 0.303 e. The summed E-state index contributed by atoms with van der Waals surface area (Å²) in [6, 6.07) is 14.9. The zero-order valence-corrected chi connectivity index (χ0v) is 29.5. The fraction of sp³-hybridized carbons (Fsp3) is 0.324. The Bertz CT molecular complexity index is 2010. The molecule has 1 saturated carbocycles. The number of amides is 4. The Hall–Kier alpha value is -4.75. The number of benzene rings is 3. The van der Waals surface area contributed by atoms with Gasteiger partial charge in [0.05, 0.1) is 36.0 Å². The number of hydrogen-bond acceptors (Lipinski definition) is 8. The van der Waals surface area contributed by atoms with Gasteiger partial charge in [-0.25, -0.2) is 4.39 Å². The fourth-order valence-corrected chi connectivity index (χ4v) is 9.22. The van der Waals surface area contributed by atoms with Crippen LogP contribution in [-0.4, -0.2) is 63.4 Å². The highest BCUT2D eigenvalue weighted by Gasteiger charge is 2.70. The number of methoxy groups -OCH3 is 1. The van der Waals surface area contributed by atoms with Crippen LogP contribution in [0.25, 0.3) is 0 Å². The van der Waals surface area contributed by atoms with Crippen LogP contribution in [0.1, 0.15) is 42.7 Å². The third-order valence-corrected chi connectivity index (χ3v) is 11.4. The summed E-state index contributed by atoms with van der Waals surface area (Å²) >= 11 is 9.84. The van der Waals surface area contributed by atoms with E-state index in [1.165, 1.54) is 31.4 Å². The SMILES string of the molecule is COc1cc(Br)cc(C2C3=CCC4C(=O)N(CCCC(=O)O)C(=O)C4C3CC3C(=O)N(Nc4ccc(F)cc4)C(=O)C32c2ccc(Cl)cc2)c1O. The van der Waals surface area contributed by atoms with Gasteiger partial charge < -0.3 is 14.9 Å². The van der Waals surface area contributed by atoms with E-state index in [1.807, 2.05) is 6.08 Å². The van der Waals surface area contributed by atoms with E-state index >= 15 is 4.79 Å². The van der Waals surface area contributed by atoms with Crippen molar-refractivity contribution in [2.24, 2.45) is 23.7 Å². The molecule has 2 heterocycles. The van der Waals surface area contributed by atoms with Gasteiger partial charge in [-0.15, -0.1) is 0 Å². The lowest BCUT2D eigenvalue weighted by Crippen LogP contribution is -2.53. The molecular weight excluding hydrogens is 749 g/mol. The average molecular weight is 781 g/mol. The number of likely N-dealkylation sites (tertiary alicyclic amines) is 1. The number of ether oxygens (including phenoxy) is 1. The number of nitrogens with zero attached hydrogens (tertiary/aromatic N) is 2. The second-order valence-corrected chi connectivity index (χ2v) is 14.6. The first kappa shape index (κ1) is 34.7. The molecule has 14 heteroatoms. The Labute approximate surface area is 305 Å². The van der Waals surface area contributed by atoms with Crippen molar-refractivity contribution in [2.75, 3.05) is 19.1 Å². The number of nitrogens with one attached hydrogen (secondary N) is 1. The minimum Gasteiger partial charge on any atom is -0.504 e. The average Bonchev–Trinajstić information content (AvgIpc) is 3.47. The standard InChI is InChI=1S/C37H32BrClFN3O8/c1-51-28-16-19(38)15-26(32(28)46)31-23-12-13-24-30(35(49)42(33(24)47)14-2-3-29(44)45)25(23)17-27-34(48)43(41-22-10-8-21(40)9-11-22)36(50)37(27,31)18-4-6-20(39)7-5-18/h4-12,15-16,24-25,27,30-31,41,46H,2-3,13-14,17H2,1H3,(H,44,45). The first-order chi connectivity index (χ1) is 24.4. The summed E-state index contributed by atoms with van der Waals surface area (Å²) in [6.07, 6.45) is 1.87. The number of hydrazine groups is 1. The van der Waals surface area contributed by atoms with Gasteiger partial charge in [-0.05, 0) is 79.3 Å². The summed E-state index contributed by atoms with van der Waals surface area (Å²) in [6.45, 7) is -0.0585. The zero-order valence-electron chi connectivity index (χ0n) is 27.1. The highest BCUT2D eigenvalue weighted by molar-refractivity contribution is 9.10. The maximum absolute atomic E-state index is 15.2. The van der Waals surface area contributed by atoms with E-state index in [2.05, 4.69) is 21.4 Å². The summed E-state index contributed by atoms with van der Waals surface area (Å²) in [4.78, 5) is 70.0. The molecule has 6 unspecified atom stereocenters. The van der Waals surface area contributed by atoms with Gasteiger partial charge in [0.2, 0.25) is 11.8 Å². The molecule has 2 aliphatic carbocycles. The second kappa shape index (κ2) is 13.1. The molecule has 0 bridgehead atoms. The van der Waals surface area contributed by atoms with Crippen LogP contribution in [0.2, 0.25) is 5.02 Å².